The third kappa shape index (κ3) is 4.46. The maximum absolute atomic E-state index is 14.9. The average molecular weight is 517 g/mol. The SMILES string of the molecule is C=C1C(=O)C(C(=O)NC2CC3CC2C3)=CN(c2c(F)cccc2F)/C1=N/C(=C(\C)F)N1C[C@@H](O)[C@H](O)C1. The Morgan fingerprint density at radius 2 is 1.76 bits per heavy atom. The van der Waals surface area contributed by atoms with Crippen LogP contribution in [0.4, 0.5) is 18.9 Å². The lowest BCUT2D eigenvalue weighted by Gasteiger charge is -2.31. The lowest BCUT2D eigenvalue weighted by atomic mass is 9.84. The summed E-state index contributed by atoms with van der Waals surface area (Å²) in [5.74, 6) is -4.17. The van der Waals surface area contributed by atoms with Crippen molar-refractivity contribution in [3.05, 3.63) is 65.4 Å². The standard InChI is InChI=1S/C26H27F3N4O4/c1-12-23(36)16(26(37)30-19-8-14-6-15(19)7-14)9-33(22-17(28)4-3-5-18(22)29)24(12)31-25(13(2)27)32-10-20(34)21(35)11-32/h3-5,9,14-15,19-21,34-35H,1,6-8,10-11H2,2H3,(H,30,37)/b25-13-,31-24+/t14?,15?,19?,20-,21-/m1/s1. The Hall–Kier alpha value is -3.44. The zero-order chi connectivity index (χ0) is 26.6. The van der Waals surface area contributed by atoms with E-state index in [0.717, 1.165) is 55.5 Å². The number of para-hydroxylation sites is 1. The van der Waals surface area contributed by atoms with Crippen LogP contribution in [-0.4, -0.2) is 64.0 Å². The number of halogens is 3. The third-order valence-electron chi connectivity index (χ3n) is 7.52. The molecule has 3 aliphatic carbocycles. The van der Waals surface area contributed by atoms with Gasteiger partial charge in [0.15, 0.2) is 11.7 Å². The van der Waals surface area contributed by atoms with Crippen molar-refractivity contribution in [1.29, 1.82) is 0 Å². The van der Waals surface area contributed by atoms with Crippen molar-refractivity contribution in [2.45, 2.75) is 44.4 Å². The number of fused-ring (bicyclic) bond motifs is 1. The first-order valence-corrected chi connectivity index (χ1v) is 12.1. The number of anilines is 1. The number of rotatable bonds is 5. The highest BCUT2D eigenvalue weighted by Crippen LogP contribution is 2.48. The van der Waals surface area contributed by atoms with Crippen molar-refractivity contribution in [3.63, 3.8) is 0 Å². The molecule has 1 aromatic rings. The smallest absolute Gasteiger partial charge is 0.257 e. The highest BCUT2D eigenvalue weighted by molar-refractivity contribution is 6.40. The summed E-state index contributed by atoms with van der Waals surface area (Å²) < 4.78 is 44.4. The second kappa shape index (κ2) is 9.46. The molecular formula is C26H27F3N4O4. The summed E-state index contributed by atoms with van der Waals surface area (Å²) in [5.41, 5.74) is -1.36. The van der Waals surface area contributed by atoms with Gasteiger partial charge in [-0.3, -0.25) is 14.5 Å². The Bertz CT molecular complexity index is 1240. The number of aliphatic hydroxyl groups is 2. The minimum atomic E-state index is -1.16. The fraction of sp³-hybridized carbons (Fsp3) is 0.423. The molecule has 1 saturated heterocycles. The van der Waals surface area contributed by atoms with E-state index in [1.54, 1.807) is 0 Å². The molecular weight excluding hydrogens is 489 g/mol. The molecule has 2 bridgehead atoms. The Labute approximate surface area is 211 Å². The molecule has 3 N–H and O–H groups in total. The van der Waals surface area contributed by atoms with E-state index in [1.807, 2.05) is 0 Å². The number of nitrogens with zero attached hydrogens (tertiary/aromatic N) is 3. The monoisotopic (exact) mass is 516 g/mol. The number of hydrogen-bond donors (Lipinski definition) is 3. The average Bonchev–Trinajstić information content (AvgIpc) is 3.48. The lowest BCUT2D eigenvalue weighted by molar-refractivity contribution is -0.121. The van der Waals surface area contributed by atoms with E-state index in [4.69, 9.17) is 0 Å². The summed E-state index contributed by atoms with van der Waals surface area (Å²) in [6, 6.07) is 3.07. The van der Waals surface area contributed by atoms with E-state index in [1.165, 1.54) is 4.90 Å². The molecule has 196 valence electrons. The van der Waals surface area contributed by atoms with Gasteiger partial charge in [-0.1, -0.05) is 12.6 Å². The van der Waals surface area contributed by atoms with Gasteiger partial charge in [0.1, 0.15) is 28.7 Å². The number of carbonyl (C=O) groups is 2. The number of aliphatic imine (C=N–C) groups is 1. The first kappa shape index (κ1) is 25.2. The normalized spacial score (nSPS) is 30.9. The van der Waals surface area contributed by atoms with Crippen molar-refractivity contribution in [2.75, 3.05) is 18.0 Å². The molecule has 37 heavy (non-hydrogen) atoms. The maximum atomic E-state index is 14.9. The molecule has 5 aliphatic rings. The van der Waals surface area contributed by atoms with Crippen LogP contribution in [0.1, 0.15) is 26.2 Å². The molecule has 1 unspecified atom stereocenters. The summed E-state index contributed by atoms with van der Waals surface area (Å²) in [6.07, 6.45) is 1.52. The first-order valence-electron chi connectivity index (χ1n) is 12.1. The van der Waals surface area contributed by atoms with Gasteiger partial charge in [0.2, 0.25) is 5.78 Å². The Morgan fingerprint density at radius 3 is 2.30 bits per heavy atom. The quantitative estimate of drug-likeness (QED) is 0.410. The summed E-state index contributed by atoms with van der Waals surface area (Å²) in [7, 11) is 0. The highest BCUT2D eigenvalue weighted by atomic mass is 19.1. The van der Waals surface area contributed by atoms with Crippen molar-refractivity contribution < 1.29 is 33.0 Å². The van der Waals surface area contributed by atoms with Crippen molar-refractivity contribution >= 4 is 23.2 Å². The molecule has 11 heteroatoms. The third-order valence-corrected chi connectivity index (χ3v) is 7.52. The summed E-state index contributed by atoms with van der Waals surface area (Å²) in [5, 5.41) is 22.7. The number of likely N-dealkylation sites (tertiary alicyclic amines) is 1. The summed E-state index contributed by atoms with van der Waals surface area (Å²) >= 11 is 0. The number of benzene rings is 1. The Kier molecular flexibility index (Phi) is 6.45. The number of β-amino-alcohol motifs (C(OH)–C–C–N with tert-alkyl or cyclic N) is 2. The van der Waals surface area contributed by atoms with Crippen molar-refractivity contribution in [3.8, 4) is 0 Å². The fourth-order valence-electron chi connectivity index (χ4n) is 5.52. The van der Waals surface area contributed by atoms with E-state index in [0.29, 0.717) is 11.8 Å². The lowest BCUT2D eigenvalue weighted by Crippen LogP contribution is -2.44. The van der Waals surface area contributed by atoms with E-state index in [2.05, 4.69) is 16.9 Å². The number of aliphatic hydroxyl groups excluding tert-OH is 2. The molecule has 0 aromatic heterocycles. The zero-order valence-corrected chi connectivity index (χ0v) is 20.1. The van der Waals surface area contributed by atoms with Crippen LogP contribution in [0.2, 0.25) is 0 Å². The molecule has 2 aliphatic heterocycles. The zero-order valence-electron chi connectivity index (χ0n) is 20.1. The van der Waals surface area contributed by atoms with Gasteiger partial charge in [-0.05, 0) is 50.2 Å². The topological polar surface area (TPSA) is 105 Å². The van der Waals surface area contributed by atoms with E-state index >= 15 is 0 Å². The van der Waals surface area contributed by atoms with Crippen LogP contribution in [0, 0.1) is 23.5 Å². The van der Waals surface area contributed by atoms with Crippen LogP contribution in [0.5, 0.6) is 0 Å². The second-order valence-electron chi connectivity index (χ2n) is 10.0. The number of ketones is 1. The van der Waals surface area contributed by atoms with Crippen molar-refractivity contribution in [2.24, 2.45) is 16.8 Å². The molecule has 1 aromatic carbocycles. The number of nitrogens with one attached hydrogen (secondary N) is 1. The van der Waals surface area contributed by atoms with Crippen LogP contribution >= 0.6 is 0 Å². The maximum Gasteiger partial charge on any atom is 0.257 e. The molecule has 0 radical (unpaired) electrons. The predicted octanol–water partition coefficient (Wildman–Crippen LogP) is 2.30. The highest BCUT2D eigenvalue weighted by Gasteiger charge is 2.46. The molecule has 0 spiro atoms. The van der Waals surface area contributed by atoms with Gasteiger partial charge in [0, 0.05) is 25.3 Å². The number of amides is 1. The molecule has 4 fully saturated rings. The summed E-state index contributed by atoms with van der Waals surface area (Å²) in [6.45, 7) is 4.49. The number of hydrogen-bond acceptors (Lipinski definition) is 6. The van der Waals surface area contributed by atoms with Gasteiger partial charge in [0.05, 0.1) is 17.8 Å². The minimum Gasteiger partial charge on any atom is -0.389 e. The van der Waals surface area contributed by atoms with Gasteiger partial charge >= 0.3 is 0 Å². The van der Waals surface area contributed by atoms with Crippen LogP contribution in [0.15, 0.2) is 58.8 Å². The molecule has 1 amide bonds. The fourth-order valence-corrected chi connectivity index (χ4v) is 5.52. The van der Waals surface area contributed by atoms with E-state index in [9.17, 15) is 33.0 Å². The molecule has 3 saturated carbocycles. The molecule has 3 atom stereocenters. The van der Waals surface area contributed by atoms with Crippen LogP contribution in [0.25, 0.3) is 0 Å². The predicted molar refractivity (Wildman–Crippen MR) is 129 cm³/mol. The Balaban J connectivity index is 1.58. The Morgan fingerprint density at radius 1 is 1.14 bits per heavy atom. The van der Waals surface area contributed by atoms with Gasteiger partial charge in [-0.15, -0.1) is 0 Å². The number of allylic oxidation sites excluding steroid dienone is 1. The summed E-state index contributed by atoms with van der Waals surface area (Å²) in [4.78, 5) is 32.7. The molecule has 8 nitrogen and oxygen atoms in total. The van der Waals surface area contributed by atoms with E-state index in [-0.39, 0.29) is 36.1 Å². The number of amidine groups is 1. The van der Waals surface area contributed by atoms with Gasteiger partial charge in [-0.25, -0.2) is 18.2 Å². The number of carbonyl (C=O) groups excluding carboxylic acids is 2. The minimum absolute atomic E-state index is 0.0788. The van der Waals surface area contributed by atoms with Gasteiger partial charge < -0.3 is 20.4 Å². The number of Topliss-reactive ketones (excluding diaryl/α,β-unsaturated/α-hetero) is 1. The molecule has 2 heterocycles. The largest absolute Gasteiger partial charge is 0.389 e. The van der Waals surface area contributed by atoms with Gasteiger partial charge in [-0.2, -0.15) is 0 Å². The van der Waals surface area contributed by atoms with Crippen LogP contribution < -0.4 is 10.2 Å². The van der Waals surface area contributed by atoms with Crippen molar-refractivity contribution in [1.82, 2.24) is 10.2 Å². The van der Waals surface area contributed by atoms with E-state index < -0.39 is 52.9 Å². The van der Waals surface area contributed by atoms with Crippen LogP contribution in [0.3, 0.4) is 0 Å². The van der Waals surface area contributed by atoms with Gasteiger partial charge in [0.25, 0.3) is 5.91 Å². The second-order valence-corrected chi connectivity index (χ2v) is 10.0. The molecule has 6 rings (SSSR count). The van der Waals surface area contributed by atoms with Crippen LogP contribution in [-0.2, 0) is 9.59 Å². The first-order chi connectivity index (χ1) is 17.5.